The predicted molar refractivity (Wildman–Crippen MR) is 71.3 cm³/mol. The summed E-state index contributed by atoms with van der Waals surface area (Å²) in [7, 11) is 1.63. The maximum Gasteiger partial charge on any atom is 0.328 e. The fourth-order valence-electron chi connectivity index (χ4n) is 1.87. The molecule has 1 aromatic heterocycles. The van der Waals surface area contributed by atoms with E-state index in [4.69, 9.17) is 9.84 Å². The van der Waals surface area contributed by atoms with E-state index in [1.54, 1.807) is 26.4 Å². The number of hydrogen-bond donors (Lipinski definition) is 1. The molecule has 0 radical (unpaired) electrons. The Balaban J connectivity index is 2.33. The second kappa shape index (κ2) is 5.14. The molecule has 0 aliphatic heterocycles. The summed E-state index contributed by atoms with van der Waals surface area (Å²) in [5, 5.41) is 13.0. The summed E-state index contributed by atoms with van der Waals surface area (Å²) < 4.78 is 6.65. The van der Waals surface area contributed by atoms with Gasteiger partial charge in [0.05, 0.1) is 13.3 Å². The Kier molecular flexibility index (Phi) is 3.55. The molecule has 1 heterocycles. The van der Waals surface area contributed by atoms with Crippen molar-refractivity contribution in [3.8, 4) is 16.9 Å². The molecule has 1 unspecified atom stereocenters. The Morgan fingerprint density at radius 2 is 2.16 bits per heavy atom. The standard InChI is InChI=1S/C14H16N2O3/c1-9-6-11(4-5-13(9)19-3)12-7-15-16(8-12)10(2)14(17)18/h4-8,10H,1-3H3,(H,17,18). The van der Waals surface area contributed by atoms with Crippen LogP contribution in [0, 0.1) is 6.92 Å². The SMILES string of the molecule is COc1ccc(-c2cnn(C(C)C(=O)O)c2)cc1C. The van der Waals surface area contributed by atoms with Gasteiger partial charge in [-0.1, -0.05) is 6.07 Å². The van der Waals surface area contributed by atoms with Crippen LogP contribution in [0.2, 0.25) is 0 Å². The molecule has 19 heavy (non-hydrogen) atoms. The average Bonchev–Trinajstić information content (AvgIpc) is 2.87. The van der Waals surface area contributed by atoms with Crippen molar-refractivity contribution in [1.82, 2.24) is 9.78 Å². The van der Waals surface area contributed by atoms with Gasteiger partial charge in [0.2, 0.25) is 0 Å². The first-order valence-electron chi connectivity index (χ1n) is 5.95. The predicted octanol–water partition coefficient (Wildman–Crippen LogP) is 2.51. The molecule has 0 amide bonds. The van der Waals surface area contributed by atoms with E-state index in [2.05, 4.69) is 5.10 Å². The second-order valence-electron chi connectivity index (χ2n) is 4.41. The fourth-order valence-corrected chi connectivity index (χ4v) is 1.87. The summed E-state index contributed by atoms with van der Waals surface area (Å²) >= 11 is 0. The largest absolute Gasteiger partial charge is 0.496 e. The Hall–Kier alpha value is -2.30. The number of carboxylic acid groups (broad SMARTS) is 1. The monoisotopic (exact) mass is 260 g/mol. The van der Waals surface area contributed by atoms with E-state index in [0.717, 1.165) is 22.4 Å². The molecule has 5 nitrogen and oxygen atoms in total. The van der Waals surface area contributed by atoms with Crippen molar-refractivity contribution in [1.29, 1.82) is 0 Å². The first-order chi connectivity index (χ1) is 9.02. The van der Waals surface area contributed by atoms with Crippen molar-refractivity contribution in [2.45, 2.75) is 19.9 Å². The Morgan fingerprint density at radius 1 is 1.42 bits per heavy atom. The molecule has 0 bridgehead atoms. The van der Waals surface area contributed by atoms with E-state index in [0.29, 0.717) is 0 Å². The first-order valence-corrected chi connectivity index (χ1v) is 5.95. The third-order valence-electron chi connectivity index (χ3n) is 3.08. The number of hydrogen-bond acceptors (Lipinski definition) is 3. The molecular weight excluding hydrogens is 244 g/mol. The zero-order valence-electron chi connectivity index (χ0n) is 11.1. The van der Waals surface area contributed by atoms with Crippen molar-refractivity contribution < 1.29 is 14.6 Å². The van der Waals surface area contributed by atoms with Crippen LogP contribution in [0.4, 0.5) is 0 Å². The van der Waals surface area contributed by atoms with Gasteiger partial charge in [0.1, 0.15) is 11.8 Å². The summed E-state index contributed by atoms with van der Waals surface area (Å²) in [5.41, 5.74) is 2.90. The van der Waals surface area contributed by atoms with Gasteiger partial charge in [0, 0.05) is 11.8 Å². The van der Waals surface area contributed by atoms with E-state index in [-0.39, 0.29) is 0 Å². The number of methoxy groups -OCH3 is 1. The third-order valence-corrected chi connectivity index (χ3v) is 3.08. The van der Waals surface area contributed by atoms with Crippen LogP contribution in [-0.4, -0.2) is 28.0 Å². The zero-order chi connectivity index (χ0) is 14.0. The summed E-state index contributed by atoms with van der Waals surface area (Å²) in [5.74, 6) is -0.0735. The number of carboxylic acids is 1. The van der Waals surface area contributed by atoms with Crippen molar-refractivity contribution in [3.05, 3.63) is 36.2 Å². The highest BCUT2D eigenvalue weighted by atomic mass is 16.5. The molecule has 1 N–H and O–H groups in total. The lowest BCUT2D eigenvalue weighted by molar-refractivity contribution is -0.140. The van der Waals surface area contributed by atoms with Crippen LogP contribution < -0.4 is 4.74 Å². The number of rotatable bonds is 4. The quantitative estimate of drug-likeness (QED) is 0.917. The summed E-state index contributed by atoms with van der Waals surface area (Å²) in [6.45, 7) is 3.56. The highest BCUT2D eigenvalue weighted by molar-refractivity contribution is 5.72. The van der Waals surface area contributed by atoms with Gasteiger partial charge < -0.3 is 9.84 Å². The molecule has 1 aromatic carbocycles. The molecule has 5 heteroatoms. The Labute approximate surface area is 111 Å². The highest BCUT2D eigenvalue weighted by Crippen LogP contribution is 2.26. The topological polar surface area (TPSA) is 64.4 Å². The molecule has 0 saturated heterocycles. The van der Waals surface area contributed by atoms with E-state index in [1.165, 1.54) is 4.68 Å². The van der Waals surface area contributed by atoms with Gasteiger partial charge in [-0.2, -0.15) is 5.10 Å². The minimum absolute atomic E-state index is 0.673. The number of carbonyl (C=O) groups is 1. The average molecular weight is 260 g/mol. The minimum Gasteiger partial charge on any atom is -0.496 e. The van der Waals surface area contributed by atoms with Crippen molar-refractivity contribution in [3.63, 3.8) is 0 Å². The first kappa shape index (κ1) is 13.1. The van der Waals surface area contributed by atoms with E-state index in [9.17, 15) is 4.79 Å². The van der Waals surface area contributed by atoms with Gasteiger partial charge in [-0.25, -0.2) is 4.79 Å². The van der Waals surface area contributed by atoms with Crippen LogP contribution >= 0.6 is 0 Å². The molecule has 0 fully saturated rings. The molecule has 0 aliphatic rings. The van der Waals surface area contributed by atoms with Gasteiger partial charge in [-0.05, 0) is 37.1 Å². The molecule has 0 aliphatic carbocycles. The zero-order valence-corrected chi connectivity index (χ0v) is 11.1. The Morgan fingerprint density at radius 3 is 2.74 bits per heavy atom. The van der Waals surface area contributed by atoms with Crippen LogP contribution in [0.15, 0.2) is 30.6 Å². The second-order valence-corrected chi connectivity index (χ2v) is 4.41. The number of aromatic nitrogens is 2. The normalized spacial score (nSPS) is 12.2. The van der Waals surface area contributed by atoms with E-state index >= 15 is 0 Å². The molecule has 2 aromatic rings. The number of aryl methyl sites for hydroxylation is 1. The van der Waals surface area contributed by atoms with Gasteiger partial charge >= 0.3 is 5.97 Å². The van der Waals surface area contributed by atoms with Gasteiger partial charge in [-0.15, -0.1) is 0 Å². The lowest BCUT2D eigenvalue weighted by Crippen LogP contribution is -2.15. The molecular formula is C14H16N2O3. The van der Waals surface area contributed by atoms with Crippen molar-refractivity contribution in [2.24, 2.45) is 0 Å². The van der Waals surface area contributed by atoms with Gasteiger partial charge in [0.25, 0.3) is 0 Å². The minimum atomic E-state index is -0.902. The van der Waals surface area contributed by atoms with Gasteiger partial charge in [0.15, 0.2) is 0 Å². The number of ether oxygens (including phenoxy) is 1. The summed E-state index contributed by atoms with van der Waals surface area (Å²) in [6.07, 6.45) is 3.40. The van der Waals surface area contributed by atoms with Crippen LogP contribution in [0.5, 0.6) is 5.75 Å². The molecule has 0 saturated carbocycles. The smallest absolute Gasteiger partial charge is 0.328 e. The summed E-state index contributed by atoms with van der Waals surface area (Å²) in [4.78, 5) is 10.9. The van der Waals surface area contributed by atoms with Crippen LogP contribution in [0.3, 0.4) is 0 Å². The lowest BCUT2D eigenvalue weighted by Gasteiger charge is -2.07. The van der Waals surface area contributed by atoms with E-state index in [1.807, 2.05) is 25.1 Å². The third kappa shape index (κ3) is 2.59. The van der Waals surface area contributed by atoms with Gasteiger partial charge in [-0.3, -0.25) is 4.68 Å². The number of nitrogens with zero attached hydrogens (tertiary/aromatic N) is 2. The van der Waals surface area contributed by atoms with Crippen molar-refractivity contribution >= 4 is 5.97 Å². The molecule has 2 rings (SSSR count). The fraction of sp³-hybridized carbons (Fsp3) is 0.286. The molecule has 1 atom stereocenters. The molecule has 100 valence electrons. The number of aliphatic carboxylic acids is 1. The Bertz CT molecular complexity index is 604. The summed E-state index contributed by atoms with van der Waals surface area (Å²) in [6, 6.07) is 5.14. The van der Waals surface area contributed by atoms with Crippen LogP contribution in [0.25, 0.3) is 11.1 Å². The molecule has 0 spiro atoms. The number of benzene rings is 1. The highest BCUT2D eigenvalue weighted by Gasteiger charge is 2.14. The maximum absolute atomic E-state index is 10.9. The maximum atomic E-state index is 10.9. The van der Waals surface area contributed by atoms with Crippen molar-refractivity contribution in [2.75, 3.05) is 7.11 Å². The van der Waals surface area contributed by atoms with Crippen LogP contribution in [-0.2, 0) is 4.79 Å². The lowest BCUT2D eigenvalue weighted by atomic mass is 10.1. The van der Waals surface area contributed by atoms with Crippen LogP contribution in [0.1, 0.15) is 18.5 Å². The van der Waals surface area contributed by atoms with E-state index < -0.39 is 12.0 Å².